The molecule has 7 heteroatoms. The monoisotopic (exact) mass is 259 g/mol. The number of benzene rings is 1. The van der Waals surface area contributed by atoms with E-state index in [0.717, 1.165) is 0 Å². The number of rotatable bonds is 4. The van der Waals surface area contributed by atoms with Gasteiger partial charge in [0.2, 0.25) is 0 Å². The summed E-state index contributed by atoms with van der Waals surface area (Å²) in [6.07, 6.45) is 0. The molecular weight excluding hydrogens is 246 g/mol. The summed E-state index contributed by atoms with van der Waals surface area (Å²) in [6.45, 7) is 2.02. The second kappa shape index (κ2) is 5.35. The van der Waals surface area contributed by atoms with Crippen molar-refractivity contribution in [2.24, 2.45) is 5.92 Å². The molecule has 0 aliphatic rings. The van der Waals surface area contributed by atoms with Gasteiger partial charge in [0.25, 0.3) is 5.91 Å². The molecular formula is C12H13N5O2. The van der Waals surface area contributed by atoms with Crippen LogP contribution in [-0.4, -0.2) is 35.0 Å². The summed E-state index contributed by atoms with van der Waals surface area (Å²) in [5, 5.41) is 21.7. The van der Waals surface area contributed by atoms with Crippen molar-refractivity contribution in [3.63, 3.8) is 0 Å². The molecule has 1 unspecified atom stereocenters. The van der Waals surface area contributed by atoms with Crippen molar-refractivity contribution in [3.8, 4) is 11.8 Å². The fraction of sp³-hybridized carbons (Fsp3) is 0.333. The number of methoxy groups -OCH3 is 1. The average molecular weight is 259 g/mol. The number of aromatic amines is 1. The Morgan fingerprint density at radius 3 is 2.84 bits per heavy atom. The van der Waals surface area contributed by atoms with Gasteiger partial charge in [-0.25, -0.2) is 0 Å². The zero-order valence-electron chi connectivity index (χ0n) is 10.6. The number of carbonyl (C=O) groups is 1. The van der Waals surface area contributed by atoms with Gasteiger partial charge in [0.05, 0.1) is 24.7 Å². The third kappa shape index (κ3) is 2.63. The molecule has 7 nitrogen and oxygen atoms in total. The normalized spacial score (nSPS) is 11.8. The summed E-state index contributed by atoms with van der Waals surface area (Å²) >= 11 is 0. The molecule has 0 fully saturated rings. The quantitative estimate of drug-likeness (QED) is 0.847. The van der Waals surface area contributed by atoms with E-state index in [0.29, 0.717) is 22.3 Å². The Morgan fingerprint density at radius 1 is 1.53 bits per heavy atom. The predicted molar refractivity (Wildman–Crippen MR) is 67.6 cm³/mol. The molecule has 19 heavy (non-hydrogen) atoms. The fourth-order valence-corrected chi connectivity index (χ4v) is 1.60. The number of carbonyl (C=O) groups excluding carboxylic acids is 1. The van der Waals surface area contributed by atoms with Gasteiger partial charge in [0.15, 0.2) is 0 Å². The molecule has 0 saturated carbocycles. The van der Waals surface area contributed by atoms with Crippen LogP contribution in [0.2, 0.25) is 0 Å². The number of ether oxygens (including phenoxy) is 1. The summed E-state index contributed by atoms with van der Waals surface area (Å²) in [7, 11) is 1.48. The van der Waals surface area contributed by atoms with Crippen LogP contribution >= 0.6 is 0 Å². The minimum Gasteiger partial charge on any atom is -0.496 e. The summed E-state index contributed by atoms with van der Waals surface area (Å²) in [5.41, 5.74) is 1.58. The summed E-state index contributed by atoms with van der Waals surface area (Å²) in [4.78, 5) is 12.1. The second-order valence-electron chi connectivity index (χ2n) is 4.10. The lowest BCUT2D eigenvalue weighted by molar-refractivity contribution is 0.0948. The first-order valence-electron chi connectivity index (χ1n) is 5.72. The molecule has 1 amide bonds. The van der Waals surface area contributed by atoms with Crippen LogP contribution in [0.15, 0.2) is 12.1 Å². The van der Waals surface area contributed by atoms with Crippen LogP contribution in [0, 0.1) is 17.2 Å². The van der Waals surface area contributed by atoms with Gasteiger partial charge in [-0.1, -0.05) is 0 Å². The molecule has 1 heterocycles. The molecule has 0 spiro atoms. The van der Waals surface area contributed by atoms with E-state index >= 15 is 0 Å². The Hall–Kier alpha value is -2.62. The van der Waals surface area contributed by atoms with E-state index in [4.69, 9.17) is 10.00 Å². The lowest BCUT2D eigenvalue weighted by Crippen LogP contribution is -2.28. The number of nitriles is 1. The van der Waals surface area contributed by atoms with E-state index in [-0.39, 0.29) is 18.4 Å². The minimum absolute atomic E-state index is 0.245. The number of hydrogen-bond acceptors (Lipinski definition) is 5. The van der Waals surface area contributed by atoms with Crippen LogP contribution in [0.5, 0.6) is 5.75 Å². The number of nitrogens with one attached hydrogen (secondary N) is 2. The van der Waals surface area contributed by atoms with Crippen LogP contribution in [0.4, 0.5) is 0 Å². The van der Waals surface area contributed by atoms with Gasteiger partial charge in [0, 0.05) is 12.6 Å². The first kappa shape index (κ1) is 12.8. The number of nitrogens with zero attached hydrogens (tertiary/aromatic N) is 3. The SMILES string of the molecule is COc1cc2n[nH]nc2cc1C(=O)NCC(C)C#N. The average Bonchev–Trinajstić information content (AvgIpc) is 2.89. The maximum Gasteiger partial charge on any atom is 0.255 e. The Bertz CT molecular complexity index is 643. The summed E-state index contributed by atoms with van der Waals surface area (Å²) in [6, 6.07) is 5.29. The molecule has 1 aromatic heterocycles. The Morgan fingerprint density at radius 2 is 2.21 bits per heavy atom. The molecule has 0 aliphatic carbocycles. The van der Waals surface area contributed by atoms with Gasteiger partial charge in [-0.2, -0.15) is 20.7 Å². The van der Waals surface area contributed by atoms with E-state index in [2.05, 4.69) is 26.8 Å². The molecule has 2 rings (SSSR count). The number of fused-ring (bicyclic) bond motifs is 1. The molecule has 1 aromatic carbocycles. The van der Waals surface area contributed by atoms with E-state index in [1.807, 2.05) is 0 Å². The first-order valence-corrected chi connectivity index (χ1v) is 5.72. The largest absolute Gasteiger partial charge is 0.496 e. The summed E-state index contributed by atoms with van der Waals surface area (Å²) in [5.74, 6) is -0.127. The van der Waals surface area contributed by atoms with Crippen molar-refractivity contribution in [2.75, 3.05) is 13.7 Å². The van der Waals surface area contributed by atoms with Crippen molar-refractivity contribution in [2.45, 2.75) is 6.92 Å². The lowest BCUT2D eigenvalue weighted by Gasteiger charge is -2.09. The van der Waals surface area contributed by atoms with Crippen molar-refractivity contribution >= 4 is 16.9 Å². The topological polar surface area (TPSA) is 104 Å². The van der Waals surface area contributed by atoms with Crippen molar-refractivity contribution in [3.05, 3.63) is 17.7 Å². The highest BCUT2D eigenvalue weighted by molar-refractivity contribution is 6.00. The first-order chi connectivity index (χ1) is 9.15. The molecule has 0 aliphatic heterocycles. The van der Waals surface area contributed by atoms with Crippen molar-refractivity contribution < 1.29 is 9.53 Å². The molecule has 0 saturated heterocycles. The number of H-pyrrole nitrogens is 1. The highest BCUT2D eigenvalue weighted by Crippen LogP contribution is 2.23. The zero-order chi connectivity index (χ0) is 13.8. The highest BCUT2D eigenvalue weighted by Gasteiger charge is 2.15. The Balaban J connectivity index is 2.27. The van der Waals surface area contributed by atoms with Crippen LogP contribution < -0.4 is 10.1 Å². The zero-order valence-corrected chi connectivity index (χ0v) is 10.6. The van der Waals surface area contributed by atoms with E-state index in [9.17, 15) is 4.79 Å². The van der Waals surface area contributed by atoms with Crippen molar-refractivity contribution in [1.29, 1.82) is 5.26 Å². The third-order valence-electron chi connectivity index (χ3n) is 2.67. The van der Waals surface area contributed by atoms with Crippen molar-refractivity contribution in [1.82, 2.24) is 20.7 Å². The van der Waals surface area contributed by atoms with Crippen LogP contribution in [0.1, 0.15) is 17.3 Å². The highest BCUT2D eigenvalue weighted by atomic mass is 16.5. The summed E-state index contributed by atoms with van der Waals surface area (Å²) < 4.78 is 5.17. The predicted octanol–water partition coefficient (Wildman–Crippen LogP) is 0.856. The third-order valence-corrected chi connectivity index (χ3v) is 2.67. The molecule has 98 valence electrons. The second-order valence-corrected chi connectivity index (χ2v) is 4.10. The Labute approximate surface area is 109 Å². The smallest absolute Gasteiger partial charge is 0.255 e. The van der Waals surface area contributed by atoms with Gasteiger partial charge >= 0.3 is 0 Å². The molecule has 0 radical (unpaired) electrons. The molecule has 2 aromatic rings. The Kier molecular flexibility index (Phi) is 3.61. The maximum absolute atomic E-state index is 12.1. The van der Waals surface area contributed by atoms with E-state index in [1.54, 1.807) is 19.1 Å². The minimum atomic E-state index is -0.302. The van der Waals surface area contributed by atoms with Gasteiger partial charge in [0.1, 0.15) is 16.8 Å². The van der Waals surface area contributed by atoms with Gasteiger partial charge in [-0.05, 0) is 13.0 Å². The van der Waals surface area contributed by atoms with Gasteiger partial charge in [-0.15, -0.1) is 0 Å². The fourth-order valence-electron chi connectivity index (χ4n) is 1.60. The van der Waals surface area contributed by atoms with E-state index < -0.39 is 0 Å². The standard InChI is InChI=1S/C12H13N5O2/c1-7(5-13)6-14-12(18)8-3-9-10(16-17-15-9)4-11(8)19-2/h3-4,7H,6H2,1-2H3,(H,14,18)(H,15,16,17). The molecule has 2 N–H and O–H groups in total. The number of amides is 1. The van der Waals surface area contributed by atoms with Crippen LogP contribution in [-0.2, 0) is 0 Å². The maximum atomic E-state index is 12.1. The van der Waals surface area contributed by atoms with Crippen LogP contribution in [0.3, 0.4) is 0 Å². The molecule has 0 bridgehead atoms. The number of aromatic nitrogens is 3. The van der Waals surface area contributed by atoms with Crippen LogP contribution in [0.25, 0.3) is 11.0 Å². The van der Waals surface area contributed by atoms with Gasteiger partial charge < -0.3 is 10.1 Å². The lowest BCUT2D eigenvalue weighted by atomic mass is 10.1. The number of hydrogen-bond donors (Lipinski definition) is 2. The molecule has 1 atom stereocenters. The van der Waals surface area contributed by atoms with E-state index in [1.165, 1.54) is 7.11 Å². The van der Waals surface area contributed by atoms with Gasteiger partial charge in [-0.3, -0.25) is 4.79 Å².